The first-order valence-corrected chi connectivity index (χ1v) is 8.00. The molecule has 2 fully saturated rings. The molecule has 3 amide bonds. The Kier molecular flexibility index (Phi) is 4.56. The van der Waals surface area contributed by atoms with Crippen LogP contribution in [0.25, 0.3) is 0 Å². The summed E-state index contributed by atoms with van der Waals surface area (Å²) in [4.78, 5) is 30.4. The Morgan fingerprint density at radius 1 is 1.23 bits per heavy atom. The molecule has 0 aliphatic carbocycles. The summed E-state index contributed by atoms with van der Waals surface area (Å²) in [7, 11) is 0. The standard InChI is InChI=1S/C16H22N4O2/c21-15-13(4-1-2-8-18-15)19-16(22)20-11-3-5-14(20)12-6-9-17-10-7-12/h6-7,9-10,13-14H,1-5,8,11H2,(H,18,21)(H,19,22). The van der Waals surface area contributed by atoms with Gasteiger partial charge in [-0.1, -0.05) is 0 Å². The number of hydrogen-bond acceptors (Lipinski definition) is 3. The number of amides is 3. The first-order valence-electron chi connectivity index (χ1n) is 8.00. The molecule has 0 spiro atoms. The molecule has 6 nitrogen and oxygen atoms in total. The number of nitrogens with one attached hydrogen (secondary N) is 2. The van der Waals surface area contributed by atoms with E-state index in [0.29, 0.717) is 13.0 Å². The highest BCUT2D eigenvalue weighted by molar-refractivity contribution is 5.87. The minimum atomic E-state index is -0.409. The third-order valence-electron chi connectivity index (χ3n) is 4.44. The molecule has 2 saturated heterocycles. The molecule has 3 rings (SSSR count). The van der Waals surface area contributed by atoms with Gasteiger partial charge in [0.15, 0.2) is 0 Å². The molecular formula is C16H22N4O2. The van der Waals surface area contributed by atoms with Crippen molar-refractivity contribution in [2.75, 3.05) is 13.1 Å². The van der Waals surface area contributed by atoms with Gasteiger partial charge in [-0.2, -0.15) is 0 Å². The molecule has 6 heteroatoms. The molecule has 22 heavy (non-hydrogen) atoms. The van der Waals surface area contributed by atoms with Crippen LogP contribution in [0.15, 0.2) is 24.5 Å². The van der Waals surface area contributed by atoms with Crippen LogP contribution in [0.1, 0.15) is 43.7 Å². The van der Waals surface area contributed by atoms with Gasteiger partial charge in [-0.15, -0.1) is 0 Å². The van der Waals surface area contributed by atoms with Crippen LogP contribution in [0.3, 0.4) is 0 Å². The van der Waals surface area contributed by atoms with Crippen molar-refractivity contribution in [1.29, 1.82) is 0 Å². The summed E-state index contributed by atoms with van der Waals surface area (Å²) in [6.07, 6.45) is 8.08. The van der Waals surface area contributed by atoms with Gasteiger partial charge in [-0.25, -0.2) is 4.79 Å². The number of aromatic nitrogens is 1. The molecule has 0 bridgehead atoms. The van der Waals surface area contributed by atoms with Crippen molar-refractivity contribution in [3.63, 3.8) is 0 Å². The maximum absolute atomic E-state index is 12.6. The minimum Gasteiger partial charge on any atom is -0.354 e. The summed E-state index contributed by atoms with van der Waals surface area (Å²) in [5.74, 6) is -0.0643. The van der Waals surface area contributed by atoms with Crippen LogP contribution in [0.2, 0.25) is 0 Å². The second-order valence-corrected chi connectivity index (χ2v) is 5.92. The largest absolute Gasteiger partial charge is 0.354 e. The van der Waals surface area contributed by atoms with Crippen LogP contribution in [-0.2, 0) is 4.79 Å². The van der Waals surface area contributed by atoms with E-state index >= 15 is 0 Å². The van der Waals surface area contributed by atoms with E-state index in [9.17, 15) is 9.59 Å². The molecule has 3 heterocycles. The van der Waals surface area contributed by atoms with Gasteiger partial charge in [-0.3, -0.25) is 9.78 Å². The zero-order valence-corrected chi connectivity index (χ0v) is 12.6. The van der Waals surface area contributed by atoms with Crippen molar-refractivity contribution in [3.05, 3.63) is 30.1 Å². The van der Waals surface area contributed by atoms with E-state index in [-0.39, 0.29) is 18.0 Å². The summed E-state index contributed by atoms with van der Waals surface area (Å²) in [6, 6.07) is 3.44. The van der Waals surface area contributed by atoms with E-state index in [1.807, 2.05) is 17.0 Å². The number of nitrogens with zero attached hydrogens (tertiary/aromatic N) is 2. The summed E-state index contributed by atoms with van der Waals surface area (Å²) in [6.45, 7) is 1.43. The molecule has 0 saturated carbocycles. The summed E-state index contributed by atoms with van der Waals surface area (Å²) in [5.41, 5.74) is 1.10. The average Bonchev–Trinajstić information content (AvgIpc) is 2.95. The highest BCUT2D eigenvalue weighted by atomic mass is 16.2. The normalized spacial score (nSPS) is 25.5. The molecule has 0 aromatic carbocycles. The van der Waals surface area contributed by atoms with E-state index in [1.54, 1.807) is 12.4 Å². The number of rotatable bonds is 2. The van der Waals surface area contributed by atoms with Gasteiger partial charge in [0.2, 0.25) is 5.91 Å². The fraction of sp³-hybridized carbons (Fsp3) is 0.562. The Morgan fingerprint density at radius 3 is 2.86 bits per heavy atom. The highest BCUT2D eigenvalue weighted by Crippen LogP contribution is 2.31. The van der Waals surface area contributed by atoms with E-state index < -0.39 is 6.04 Å². The third kappa shape index (κ3) is 3.21. The van der Waals surface area contributed by atoms with E-state index in [4.69, 9.17) is 0 Å². The van der Waals surface area contributed by atoms with Crippen LogP contribution in [0.4, 0.5) is 4.79 Å². The fourth-order valence-electron chi connectivity index (χ4n) is 3.25. The van der Waals surface area contributed by atoms with Gasteiger partial charge in [0.25, 0.3) is 0 Å². The number of carbonyl (C=O) groups excluding carboxylic acids is 2. The zero-order chi connectivity index (χ0) is 15.4. The van der Waals surface area contributed by atoms with Gasteiger partial charge >= 0.3 is 6.03 Å². The van der Waals surface area contributed by atoms with E-state index in [0.717, 1.165) is 37.8 Å². The lowest BCUT2D eigenvalue weighted by Gasteiger charge is -2.27. The Labute approximate surface area is 130 Å². The number of urea groups is 1. The molecule has 2 atom stereocenters. The number of carbonyl (C=O) groups is 2. The lowest BCUT2D eigenvalue weighted by atomic mass is 10.1. The molecule has 2 unspecified atom stereocenters. The summed E-state index contributed by atoms with van der Waals surface area (Å²) < 4.78 is 0. The van der Waals surface area contributed by atoms with Crippen LogP contribution >= 0.6 is 0 Å². The predicted molar refractivity (Wildman–Crippen MR) is 82.1 cm³/mol. The minimum absolute atomic E-state index is 0.0643. The number of likely N-dealkylation sites (tertiary alicyclic amines) is 1. The first kappa shape index (κ1) is 14.8. The van der Waals surface area contributed by atoms with Crippen molar-refractivity contribution in [2.24, 2.45) is 0 Å². The van der Waals surface area contributed by atoms with Crippen LogP contribution in [0, 0.1) is 0 Å². The van der Waals surface area contributed by atoms with Gasteiger partial charge in [-0.05, 0) is 49.8 Å². The van der Waals surface area contributed by atoms with Crippen LogP contribution in [0.5, 0.6) is 0 Å². The maximum Gasteiger partial charge on any atom is 0.318 e. The smallest absolute Gasteiger partial charge is 0.318 e. The molecule has 1 aromatic rings. The Morgan fingerprint density at radius 2 is 2.05 bits per heavy atom. The molecule has 1 aromatic heterocycles. The van der Waals surface area contributed by atoms with Crippen molar-refractivity contribution in [2.45, 2.75) is 44.2 Å². The summed E-state index contributed by atoms with van der Waals surface area (Å²) >= 11 is 0. The Hall–Kier alpha value is -2.11. The van der Waals surface area contributed by atoms with Crippen LogP contribution in [-0.4, -0.2) is 41.0 Å². The van der Waals surface area contributed by atoms with Gasteiger partial charge in [0.05, 0.1) is 6.04 Å². The molecular weight excluding hydrogens is 280 g/mol. The van der Waals surface area contributed by atoms with Gasteiger partial charge < -0.3 is 15.5 Å². The second-order valence-electron chi connectivity index (χ2n) is 5.92. The topological polar surface area (TPSA) is 74.3 Å². The molecule has 0 radical (unpaired) electrons. The second kappa shape index (κ2) is 6.77. The fourth-order valence-corrected chi connectivity index (χ4v) is 3.25. The molecule has 2 N–H and O–H groups in total. The monoisotopic (exact) mass is 302 g/mol. The Bertz CT molecular complexity index is 534. The van der Waals surface area contributed by atoms with Crippen LogP contribution < -0.4 is 10.6 Å². The van der Waals surface area contributed by atoms with Gasteiger partial charge in [0, 0.05) is 25.5 Å². The lowest BCUT2D eigenvalue weighted by molar-refractivity contribution is -0.122. The maximum atomic E-state index is 12.6. The average molecular weight is 302 g/mol. The Balaban J connectivity index is 1.67. The number of hydrogen-bond donors (Lipinski definition) is 2. The first-order chi connectivity index (χ1) is 10.8. The van der Waals surface area contributed by atoms with E-state index in [1.165, 1.54) is 0 Å². The molecule has 2 aliphatic rings. The quantitative estimate of drug-likeness (QED) is 0.871. The molecule has 118 valence electrons. The number of pyridine rings is 1. The van der Waals surface area contributed by atoms with Crippen molar-refractivity contribution in [1.82, 2.24) is 20.5 Å². The SMILES string of the molecule is O=C1NCCCCC1NC(=O)N1CCCC1c1ccncc1. The van der Waals surface area contributed by atoms with Crippen molar-refractivity contribution < 1.29 is 9.59 Å². The van der Waals surface area contributed by atoms with Crippen molar-refractivity contribution >= 4 is 11.9 Å². The van der Waals surface area contributed by atoms with Gasteiger partial charge in [0.1, 0.15) is 6.04 Å². The van der Waals surface area contributed by atoms with E-state index in [2.05, 4.69) is 15.6 Å². The van der Waals surface area contributed by atoms with Crippen molar-refractivity contribution in [3.8, 4) is 0 Å². The predicted octanol–water partition coefficient (Wildman–Crippen LogP) is 1.60. The third-order valence-corrected chi connectivity index (χ3v) is 4.44. The lowest BCUT2D eigenvalue weighted by Crippen LogP contribution is -2.50. The summed E-state index contributed by atoms with van der Waals surface area (Å²) in [5, 5.41) is 5.76. The highest BCUT2D eigenvalue weighted by Gasteiger charge is 2.32. The zero-order valence-electron chi connectivity index (χ0n) is 12.6. The molecule has 2 aliphatic heterocycles.